The van der Waals surface area contributed by atoms with Crippen molar-refractivity contribution >= 4 is 46.9 Å². The number of nitrogens with one attached hydrogen (secondary N) is 1. The molecule has 2 saturated carbocycles. The van der Waals surface area contributed by atoms with Crippen molar-refractivity contribution < 1.29 is 29.0 Å². The molecule has 0 spiro atoms. The van der Waals surface area contributed by atoms with Gasteiger partial charge in [-0.2, -0.15) is 0 Å². The highest BCUT2D eigenvalue weighted by Crippen LogP contribution is 2.67. The van der Waals surface area contributed by atoms with Crippen molar-refractivity contribution in [3.8, 4) is 0 Å². The first-order valence-electron chi connectivity index (χ1n) is 8.88. The molecule has 0 radical (unpaired) electrons. The van der Waals surface area contributed by atoms with Gasteiger partial charge in [-0.15, -0.1) is 11.8 Å². The first-order chi connectivity index (χ1) is 13.3. The fraction of sp³-hybridized carbons (Fsp3) is 0.588. The van der Waals surface area contributed by atoms with Gasteiger partial charge in [0.2, 0.25) is 11.8 Å². The number of nitrogens with zero attached hydrogens (tertiary/aromatic N) is 1. The molecule has 3 fully saturated rings. The van der Waals surface area contributed by atoms with Crippen LogP contribution in [0.3, 0.4) is 0 Å². The highest BCUT2D eigenvalue weighted by molar-refractivity contribution is 8.00. The van der Waals surface area contributed by atoms with E-state index in [1.54, 1.807) is 0 Å². The number of rotatable bonds is 3. The number of thioether (sulfide) groups is 1. The smallest absolute Gasteiger partial charge is 0.323 e. The summed E-state index contributed by atoms with van der Waals surface area (Å²) in [6.07, 6.45) is 0.642. The van der Waals surface area contributed by atoms with Gasteiger partial charge in [0.25, 0.3) is 0 Å². The number of methoxy groups -OCH3 is 1. The van der Waals surface area contributed by atoms with Crippen LogP contribution in [0.4, 0.5) is 0 Å². The second-order valence-corrected chi connectivity index (χ2v) is 9.84. The zero-order valence-electron chi connectivity index (χ0n) is 14.6. The largest absolute Gasteiger partial charge is 0.480 e. The first kappa shape index (κ1) is 17.9. The molecule has 9 nitrogen and oxygen atoms in total. The molecule has 2 bridgehead atoms. The van der Waals surface area contributed by atoms with E-state index in [1.165, 1.54) is 18.9 Å². The van der Waals surface area contributed by atoms with E-state index in [0.29, 0.717) is 16.3 Å². The average Bonchev–Trinajstić information content (AvgIpc) is 3.36. The van der Waals surface area contributed by atoms with Crippen LogP contribution in [0.15, 0.2) is 9.82 Å². The fourth-order valence-electron chi connectivity index (χ4n) is 5.76. The van der Waals surface area contributed by atoms with E-state index in [-0.39, 0.29) is 27.9 Å². The van der Waals surface area contributed by atoms with Gasteiger partial charge in [-0.3, -0.25) is 28.9 Å². The molecular formula is C17H16N2O7S2. The van der Waals surface area contributed by atoms with E-state index < -0.39 is 48.1 Å². The molecular weight excluding hydrogens is 408 g/mol. The third-order valence-corrected chi connectivity index (χ3v) is 9.15. The lowest BCUT2D eigenvalue weighted by atomic mass is 9.69. The molecule has 2 N–H and O–H groups in total. The molecule has 1 aromatic rings. The Morgan fingerprint density at radius 3 is 2.54 bits per heavy atom. The molecule has 28 heavy (non-hydrogen) atoms. The SMILES string of the molecule is COC(=O)[C@H]1c2sc(=O)[nH]c2S[C@@H]2[C@@H]3C[C@H]([C@H]4C(=O)N(CC(=O)O)C(=O)[C@H]34)[C@@H]21. The van der Waals surface area contributed by atoms with Gasteiger partial charge in [0.1, 0.15) is 6.54 Å². The summed E-state index contributed by atoms with van der Waals surface area (Å²) in [7, 11) is 1.29. The number of carboxylic acid groups (broad SMARTS) is 1. The molecule has 11 heteroatoms. The Balaban J connectivity index is 1.57. The molecule has 7 atom stereocenters. The molecule has 148 valence electrons. The molecule has 0 unspecified atom stereocenters. The average molecular weight is 424 g/mol. The molecule has 4 aliphatic rings. The Hall–Kier alpha value is -2.14. The Bertz CT molecular complexity index is 984. The number of amides is 2. The van der Waals surface area contributed by atoms with Crippen LogP contribution >= 0.6 is 23.1 Å². The predicted molar refractivity (Wildman–Crippen MR) is 95.8 cm³/mol. The number of fused-ring (bicyclic) bond motifs is 9. The summed E-state index contributed by atoms with van der Waals surface area (Å²) < 4.78 is 5.01. The molecule has 2 aliphatic carbocycles. The van der Waals surface area contributed by atoms with Crippen LogP contribution in [0.1, 0.15) is 17.2 Å². The summed E-state index contributed by atoms with van der Waals surface area (Å²) in [6, 6.07) is 0. The summed E-state index contributed by atoms with van der Waals surface area (Å²) in [6.45, 7) is -0.631. The van der Waals surface area contributed by atoms with Crippen molar-refractivity contribution in [1.82, 2.24) is 9.88 Å². The first-order valence-corrected chi connectivity index (χ1v) is 10.6. The van der Waals surface area contributed by atoms with Crippen LogP contribution in [0.2, 0.25) is 0 Å². The zero-order valence-corrected chi connectivity index (χ0v) is 16.2. The fourth-order valence-corrected chi connectivity index (χ4v) is 8.61. The minimum Gasteiger partial charge on any atom is -0.480 e. The van der Waals surface area contributed by atoms with E-state index in [1.807, 2.05) is 0 Å². The van der Waals surface area contributed by atoms with E-state index in [4.69, 9.17) is 9.84 Å². The maximum atomic E-state index is 12.9. The van der Waals surface area contributed by atoms with Crippen molar-refractivity contribution in [3.63, 3.8) is 0 Å². The number of likely N-dealkylation sites (tertiary alicyclic amines) is 1. The highest BCUT2D eigenvalue weighted by Gasteiger charge is 2.70. The summed E-state index contributed by atoms with van der Waals surface area (Å²) >= 11 is 2.44. The van der Waals surface area contributed by atoms with Gasteiger partial charge in [-0.05, 0) is 24.2 Å². The number of carbonyl (C=O) groups is 4. The number of carboxylic acids is 1. The van der Waals surface area contributed by atoms with Gasteiger partial charge in [0.05, 0.1) is 34.8 Å². The minimum atomic E-state index is -1.23. The van der Waals surface area contributed by atoms with Crippen molar-refractivity contribution in [2.45, 2.75) is 22.6 Å². The van der Waals surface area contributed by atoms with E-state index in [2.05, 4.69) is 4.98 Å². The number of aliphatic carboxylic acids is 1. The van der Waals surface area contributed by atoms with Gasteiger partial charge >= 0.3 is 16.8 Å². The summed E-state index contributed by atoms with van der Waals surface area (Å²) in [5, 5.41) is 9.58. The topological polar surface area (TPSA) is 134 Å². The van der Waals surface area contributed by atoms with Crippen LogP contribution in [0.25, 0.3) is 0 Å². The predicted octanol–water partition coefficient (Wildman–Crippen LogP) is 0.119. The Morgan fingerprint density at radius 1 is 1.21 bits per heavy atom. The van der Waals surface area contributed by atoms with Gasteiger partial charge in [-0.25, -0.2) is 0 Å². The number of H-pyrrole nitrogens is 1. The third-order valence-electron chi connectivity index (χ3n) is 6.56. The van der Waals surface area contributed by atoms with Crippen LogP contribution < -0.4 is 4.87 Å². The van der Waals surface area contributed by atoms with E-state index in [9.17, 15) is 24.0 Å². The van der Waals surface area contributed by atoms with E-state index >= 15 is 0 Å². The molecule has 1 saturated heterocycles. The Labute approximate surface area is 166 Å². The van der Waals surface area contributed by atoms with Crippen molar-refractivity contribution in [2.75, 3.05) is 13.7 Å². The molecule has 3 heterocycles. The van der Waals surface area contributed by atoms with Crippen molar-refractivity contribution in [1.29, 1.82) is 0 Å². The van der Waals surface area contributed by atoms with Crippen LogP contribution in [0, 0.1) is 29.6 Å². The molecule has 0 aromatic carbocycles. The quantitative estimate of drug-likeness (QED) is 0.516. The molecule has 2 aliphatic heterocycles. The van der Waals surface area contributed by atoms with Crippen molar-refractivity contribution in [2.24, 2.45) is 29.6 Å². The number of hydrogen-bond donors (Lipinski definition) is 2. The number of hydrogen-bond acceptors (Lipinski definition) is 8. The monoisotopic (exact) mass is 424 g/mol. The number of carbonyl (C=O) groups excluding carboxylic acids is 3. The second kappa shape index (κ2) is 5.93. The third kappa shape index (κ3) is 2.17. The maximum absolute atomic E-state index is 12.9. The van der Waals surface area contributed by atoms with Gasteiger partial charge < -0.3 is 14.8 Å². The van der Waals surface area contributed by atoms with Crippen LogP contribution in [-0.4, -0.2) is 57.6 Å². The van der Waals surface area contributed by atoms with Gasteiger partial charge in [-0.1, -0.05) is 11.3 Å². The number of esters is 1. The number of imide groups is 1. The Morgan fingerprint density at radius 2 is 1.89 bits per heavy atom. The number of aromatic amines is 1. The molecule has 2 amide bonds. The highest BCUT2D eigenvalue weighted by atomic mass is 32.2. The lowest BCUT2D eigenvalue weighted by Crippen LogP contribution is -2.44. The maximum Gasteiger partial charge on any atom is 0.323 e. The van der Waals surface area contributed by atoms with Gasteiger partial charge in [0, 0.05) is 5.25 Å². The number of ether oxygens (including phenoxy) is 1. The molecule has 1 aromatic heterocycles. The Kier molecular flexibility index (Phi) is 3.80. The molecule has 5 rings (SSSR count). The standard InChI is InChI=1S/C17H16N2O7S2/c1-26-16(24)10-7-4-2-5(11(7)27-13-12(10)28-17(25)18-13)9-8(4)14(22)19(15(9)23)3-6(20)21/h4-5,7-11H,2-3H2,1H3,(H,18,25)(H,20,21)/t4-,5+,7+,8+,9+,10+,11+/m0/s1. The minimum absolute atomic E-state index is 0.102. The second-order valence-electron chi connectivity index (χ2n) is 7.64. The number of aromatic nitrogens is 1. The van der Waals surface area contributed by atoms with Crippen LogP contribution in [0.5, 0.6) is 0 Å². The zero-order chi connectivity index (χ0) is 19.9. The summed E-state index contributed by atoms with van der Waals surface area (Å²) in [4.78, 5) is 65.2. The normalized spacial score (nSPS) is 37.6. The van der Waals surface area contributed by atoms with Crippen LogP contribution in [-0.2, 0) is 23.9 Å². The van der Waals surface area contributed by atoms with E-state index in [0.717, 1.165) is 16.2 Å². The summed E-state index contributed by atoms with van der Waals surface area (Å²) in [5.74, 6) is -4.91. The summed E-state index contributed by atoms with van der Waals surface area (Å²) in [5.41, 5.74) is 0. The van der Waals surface area contributed by atoms with Gasteiger partial charge in [0.15, 0.2) is 0 Å². The lowest BCUT2D eigenvalue weighted by Gasteiger charge is -2.41. The lowest BCUT2D eigenvalue weighted by molar-refractivity contribution is -0.150. The number of thiazole rings is 1. The van der Waals surface area contributed by atoms with Crippen molar-refractivity contribution in [3.05, 3.63) is 14.5 Å².